The van der Waals surface area contributed by atoms with Crippen LogP contribution < -0.4 is 5.73 Å². The number of phenols is 1. The van der Waals surface area contributed by atoms with Gasteiger partial charge in [-0.25, -0.2) is 0 Å². The van der Waals surface area contributed by atoms with E-state index in [1.807, 2.05) is 12.1 Å². The van der Waals surface area contributed by atoms with Crippen LogP contribution in [0.3, 0.4) is 0 Å². The van der Waals surface area contributed by atoms with Gasteiger partial charge in [0.2, 0.25) is 0 Å². The second kappa shape index (κ2) is 2.53. The Morgan fingerprint density at radius 3 is 3.00 bits per heavy atom. The van der Waals surface area contributed by atoms with Gasteiger partial charge >= 0.3 is 0 Å². The highest BCUT2D eigenvalue weighted by Gasteiger charge is 2.37. The highest BCUT2D eigenvalue weighted by molar-refractivity contribution is 5.62. The number of rotatable bonds is 0. The third-order valence-corrected chi connectivity index (χ3v) is 3.41. The van der Waals surface area contributed by atoms with E-state index in [1.165, 1.54) is 17.5 Å². The normalized spacial score (nSPS) is 27.7. The number of phenolic OH excluding ortho intramolecular Hbond substituents is 1. The largest absolute Gasteiger partial charge is 0.506 e. The molecule has 2 aliphatic rings. The van der Waals surface area contributed by atoms with Crippen molar-refractivity contribution in [2.75, 3.05) is 5.73 Å². The number of allylic oxidation sites excluding steroid dienone is 2. The molecule has 14 heavy (non-hydrogen) atoms. The molecule has 0 aliphatic heterocycles. The Morgan fingerprint density at radius 1 is 1.29 bits per heavy atom. The first kappa shape index (κ1) is 7.92. The Bertz CT molecular complexity index is 423. The van der Waals surface area contributed by atoms with E-state index in [2.05, 4.69) is 12.2 Å². The fraction of sp³-hybridized carbons (Fsp3) is 0.333. The first-order valence-electron chi connectivity index (χ1n) is 5.06. The van der Waals surface area contributed by atoms with Gasteiger partial charge < -0.3 is 10.8 Å². The van der Waals surface area contributed by atoms with Crippen LogP contribution in [0, 0.1) is 0 Å². The van der Waals surface area contributed by atoms with Gasteiger partial charge in [0.15, 0.2) is 0 Å². The molecule has 2 unspecified atom stereocenters. The van der Waals surface area contributed by atoms with Gasteiger partial charge in [-0.1, -0.05) is 12.2 Å². The molecule has 3 rings (SSSR count). The molecule has 72 valence electrons. The summed E-state index contributed by atoms with van der Waals surface area (Å²) in [5.74, 6) is 1.42. The van der Waals surface area contributed by atoms with Crippen LogP contribution in [0.4, 0.5) is 5.69 Å². The van der Waals surface area contributed by atoms with E-state index in [1.54, 1.807) is 0 Å². The van der Waals surface area contributed by atoms with Crippen LogP contribution in [0.1, 0.15) is 35.8 Å². The van der Waals surface area contributed by atoms with Crippen molar-refractivity contribution in [3.63, 3.8) is 0 Å². The zero-order valence-corrected chi connectivity index (χ0v) is 7.90. The van der Waals surface area contributed by atoms with Gasteiger partial charge in [0.25, 0.3) is 0 Å². The fourth-order valence-corrected chi connectivity index (χ4v) is 2.65. The standard InChI is InChI=1S/C12H13NO/c13-11-5-9-7-3-1-2-4-8(7)10(9)6-12(11)14/h1,3,5-8,14H,2,4,13H2. The monoisotopic (exact) mass is 187 g/mol. The molecule has 2 atom stereocenters. The highest BCUT2D eigenvalue weighted by Crippen LogP contribution is 2.53. The number of aromatic hydroxyl groups is 1. The van der Waals surface area contributed by atoms with Crippen LogP contribution in [0.2, 0.25) is 0 Å². The van der Waals surface area contributed by atoms with Crippen molar-refractivity contribution in [3.05, 3.63) is 35.4 Å². The first-order valence-corrected chi connectivity index (χ1v) is 5.06. The lowest BCUT2D eigenvalue weighted by molar-refractivity contribution is 0.458. The Hall–Kier alpha value is -1.44. The summed E-state index contributed by atoms with van der Waals surface area (Å²) in [5.41, 5.74) is 8.78. The molecule has 0 radical (unpaired) electrons. The molecular weight excluding hydrogens is 174 g/mol. The van der Waals surface area contributed by atoms with E-state index in [-0.39, 0.29) is 5.75 Å². The van der Waals surface area contributed by atoms with Crippen molar-refractivity contribution >= 4 is 5.69 Å². The Labute approximate surface area is 83.1 Å². The Kier molecular flexibility index (Phi) is 1.43. The van der Waals surface area contributed by atoms with Crippen LogP contribution in [0.15, 0.2) is 24.3 Å². The SMILES string of the molecule is Nc1cc2c(cc1O)C1CCC=CC21. The number of benzene rings is 1. The predicted molar refractivity (Wildman–Crippen MR) is 56.4 cm³/mol. The lowest BCUT2D eigenvalue weighted by Gasteiger charge is -2.40. The summed E-state index contributed by atoms with van der Waals surface area (Å²) in [7, 11) is 0. The van der Waals surface area contributed by atoms with Gasteiger partial charge in [-0.3, -0.25) is 0 Å². The summed E-state index contributed by atoms with van der Waals surface area (Å²) in [4.78, 5) is 0. The van der Waals surface area contributed by atoms with Gasteiger partial charge in [0.05, 0.1) is 5.69 Å². The molecule has 0 saturated heterocycles. The van der Waals surface area contributed by atoms with E-state index in [4.69, 9.17) is 5.73 Å². The maximum absolute atomic E-state index is 9.51. The maximum Gasteiger partial charge on any atom is 0.138 e. The van der Waals surface area contributed by atoms with Crippen molar-refractivity contribution in [2.24, 2.45) is 0 Å². The quantitative estimate of drug-likeness (QED) is 0.372. The Balaban J connectivity index is 2.12. The maximum atomic E-state index is 9.51. The summed E-state index contributed by atoms with van der Waals surface area (Å²) >= 11 is 0. The first-order chi connectivity index (χ1) is 6.77. The molecule has 2 aliphatic carbocycles. The minimum absolute atomic E-state index is 0.233. The number of hydrogen-bond acceptors (Lipinski definition) is 2. The van der Waals surface area contributed by atoms with Gasteiger partial charge in [-0.2, -0.15) is 0 Å². The third kappa shape index (κ3) is 0.857. The summed E-state index contributed by atoms with van der Waals surface area (Å²) in [6.45, 7) is 0. The third-order valence-electron chi connectivity index (χ3n) is 3.41. The van der Waals surface area contributed by atoms with E-state index >= 15 is 0 Å². The van der Waals surface area contributed by atoms with E-state index < -0.39 is 0 Å². The van der Waals surface area contributed by atoms with Crippen molar-refractivity contribution in [2.45, 2.75) is 24.7 Å². The number of anilines is 1. The van der Waals surface area contributed by atoms with Crippen molar-refractivity contribution in [1.82, 2.24) is 0 Å². The highest BCUT2D eigenvalue weighted by atomic mass is 16.3. The van der Waals surface area contributed by atoms with Crippen LogP contribution in [-0.2, 0) is 0 Å². The Morgan fingerprint density at radius 2 is 2.14 bits per heavy atom. The molecular formula is C12H13NO. The molecule has 3 N–H and O–H groups in total. The van der Waals surface area contributed by atoms with Crippen molar-refractivity contribution in [1.29, 1.82) is 0 Å². The second-order valence-electron chi connectivity index (χ2n) is 4.18. The lowest BCUT2D eigenvalue weighted by atomic mass is 9.64. The summed E-state index contributed by atoms with van der Waals surface area (Å²) < 4.78 is 0. The minimum Gasteiger partial charge on any atom is -0.506 e. The second-order valence-corrected chi connectivity index (χ2v) is 4.18. The zero-order chi connectivity index (χ0) is 9.71. The molecule has 0 saturated carbocycles. The fourth-order valence-electron chi connectivity index (χ4n) is 2.65. The van der Waals surface area contributed by atoms with E-state index in [9.17, 15) is 5.11 Å². The molecule has 0 spiro atoms. The molecule has 1 aromatic rings. The minimum atomic E-state index is 0.233. The predicted octanol–water partition coefficient (Wildman–Crippen LogP) is 2.51. The van der Waals surface area contributed by atoms with E-state index in [0.29, 0.717) is 17.5 Å². The average Bonchev–Trinajstić information content (AvgIpc) is 2.21. The lowest BCUT2D eigenvalue weighted by Crippen LogP contribution is -2.24. The van der Waals surface area contributed by atoms with Crippen LogP contribution in [0.5, 0.6) is 5.75 Å². The number of hydrogen-bond donors (Lipinski definition) is 2. The number of nitrogen functional groups attached to an aromatic ring is 1. The summed E-state index contributed by atoms with van der Waals surface area (Å²) in [6.07, 6.45) is 6.88. The number of fused-ring (bicyclic) bond motifs is 4. The van der Waals surface area contributed by atoms with Crippen LogP contribution >= 0.6 is 0 Å². The molecule has 0 aromatic heterocycles. The average molecular weight is 187 g/mol. The molecule has 1 aromatic carbocycles. The van der Waals surface area contributed by atoms with Crippen molar-refractivity contribution in [3.8, 4) is 5.75 Å². The summed E-state index contributed by atoms with van der Waals surface area (Å²) in [5, 5.41) is 9.51. The van der Waals surface area contributed by atoms with Gasteiger partial charge in [0, 0.05) is 5.92 Å². The van der Waals surface area contributed by atoms with Crippen LogP contribution in [0.25, 0.3) is 0 Å². The molecule has 0 fully saturated rings. The summed E-state index contributed by atoms with van der Waals surface area (Å²) in [6, 6.07) is 3.76. The zero-order valence-electron chi connectivity index (χ0n) is 7.90. The van der Waals surface area contributed by atoms with Crippen molar-refractivity contribution < 1.29 is 5.11 Å². The van der Waals surface area contributed by atoms with Gasteiger partial charge in [-0.15, -0.1) is 0 Å². The van der Waals surface area contributed by atoms with Gasteiger partial charge in [0.1, 0.15) is 5.75 Å². The molecule has 0 heterocycles. The number of nitrogens with two attached hydrogens (primary N) is 1. The molecule has 0 bridgehead atoms. The van der Waals surface area contributed by atoms with Gasteiger partial charge in [-0.05, 0) is 42.0 Å². The molecule has 2 nitrogen and oxygen atoms in total. The molecule has 0 amide bonds. The molecule has 2 heteroatoms. The van der Waals surface area contributed by atoms with Crippen LogP contribution in [-0.4, -0.2) is 5.11 Å². The smallest absolute Gasteiger partial charge is 0.138 e. The van der Waals surface area contributed by atoms with E-state index in [0.717, 1.165) is 6.42 Å². The topological polar surface area (TPSA) is 46.2 Å².